The van der Waals surface area contributed by atoms with Gasteiger partial charge in [0.1, 0.15) is 11.4 Å². The maximum Gasteiger partial charge on any atom is 0.410 e. The first-order valence-electron chi connectivity index (χ1n) is 8.98. The molecule has 0 radical (unpaired) electrons. The van der Waals surface area contributed by atoms with E-state index in [4.69, 9.17) is 9.47 Å². The number of likely N-dealkylation sites (tertiary alicyclic amines) is 1. The third kappa shape index (κ3) is 7.43. The van der Waals surface area contributed by atoms with E-state index in [-0.39, 0.29) is 36.1 Å². The fraction of sp³-hybridized carbons (Fsp3) is 0.579. The minimum absolute atomic E-state index is 0. The topological polar surface area (TPSA) is 75.2 Å². The van der Waals surface area contributed by atoms with Crippen molar-refractivity contribution in [2.75, 3.05) is 26.7 Å². The minimum Gasteiger partial charge on any atom is -0.494 e. The summed E-state index contributed by atoms with van der Waals surface area (Å²) in [7, 11) is 1.73. The van der Waals surface area contributed by atoms with Gasteiger partial charge in [0.25, 0.3) is 0 Å². The van der Waals surface area contributed by atoms with Gasteiger partial charge in [0.15, 0.2) is 5.96 Å². The third-order valence-electron chi connectivity index (χ3n) is 3.82. The fourth-order valence-corrected chi connectivity index (χ4v) is 2.56. The van der Waals surface area contributed by atoms with E-state index < -0.39 is 5.60 Å². The number of benzene rings is 1. The molecule has 0 aliphatic carbocycles. The number of nitrogens with zero attached hydrogens (tertiary/aromatic N) is 2. The Morgan fingerprint density at radius 3 is 2.56 bits per heavy atom. The Morgan fingerprint density at radius 2 is 1.96 bits per heavy atom. The van der Waals surface area contributed by atoms with Gasteiger partial charge in [0.05, 0.1) is 12.6 Å². The minimum atomic E-state index is -0.471. The highest BCUT2D eigenvalue weighted by atomic mass is 127. The molecular formula is C19H31IN4O3. The van der Waals surface area contributed by atoms with Gasteiger partial charge in [-0.05, 0) is 33.8 Å². The Hall–Kier alpha value is -1.71. The van der Waals surface area contributed by atoms with E-state index in [2.05, 4.69) is 15.6 Å². The molecule has 2 N–H and O–H groups in total. The Labute approximate surface area is 178 Å². The summed E-state index contributed by atoms with van der Waals surface area (Å²) in [5, 5.41) is 6.61. The molecule has 1 aromatic carbocycles. The summed E-state index contributed by atoms with van der Waals surface area (Å²) in [4.78, 5) is 17.9. The van der Waals surface area contributed by atoms with E-state index in [1.165, 1.54) is 0 Å². The lowest BCUT2D eigenvalue weighted by Gasteiger charge is -2.40. The maximum absolute atomic E-state index is 12.0. The molecule has 8 heteroatoms. The predicted octanol–water partition coefficient (Wildman–Crippen LogP) is 2.99. The van der Waals surface area contributed by atoms with E-state index in [1.54, 1.807) is 11.9 Å². The molecule has 1 amide bonds. The molecule has 27 heavy (non-hydrogen) atoms. The second kappa shape index (κ2) is 10.6. The number of rotatable bonds is 5. The molecular weight excluding hydrogens is 459 g/mol. The average molecular weight is 490 g/mol. The Bertz CT molecular complexity index is 640. The van der Waals surface area contributed by atoms with Crippen molar-refractivity contribution in [3.8, 4) is 5.75 Å². The SMILES string of the molecule is CCOc1ccccc1CNC(=NC)NC1CN(C(=O)OC(C)(C)C)C1.I. The first-order chi connectivity index (χ1) is 12.3. The van der Waals surface area contributed by atoms with E-state index in [1.807, 2.05) is 52.0 Å². The zero-order chi connectivity index (χ0) is 19.2. The summed E-state index contributed by atoms with van der Waals surface area (Å²) in [6, 6.07) is 8.10. The van der Waals surface area contributed by atoms with Crippen molar-refractivity contribution in [1.29, 1.82) is 0 Å². The molecule has 0 unspecified atom stereocenters. The molecule has 1 aromatic rings. The summed E-state index contributed by atoms with van der Waals surface area (Å²) in [5.41, 5.74) is 0.600. The van der Waals surface area contributed by atoms with E-state index in [9.17, 15) is 4.79 Å². The van der Waals surface area contributed by atoms with Gasteiger partial charge in [-0.1, -0.05) is 18.2 Å². The van der Waals surface area contributed by atoms with Crippen LogP contribution in [0.3, 0.4) is 0 Å². The Balaban J connectivity index is 0.00000364. The number of guanidine groups is 1. The molecule has 7 nitrogen and oxygen atoms in total. The van der Waals surface area contributed by atoms with Gasteiger partial charge in [-0.15, -0.1) is 24.0 Å². The van der Waals surface area contributed by atoms with Crippen LogP contribution >= 0.6 is 24.0 Å². The lowest BCUT2D eigenvalue weighted by Crippen LogP contribution is -2.63. The molecule has 0 aromatic heterocycles. The van der Waals surface area contributed by atoms with E-state index >= 15 is 0 Å². The molecule has 1 aliphatic rings. The fourth-order valence-electron chi connectivity index (χ4n) is 2.56. The predicted molar refractivity (Wildman–Crippen MR) is 118 cm³/mol. The molecule has 0 atom stereocenters. The highest BCUT2D eigenvalue weighted by Gasteiger charge is 2.34. The van der Waals surface area contributed by atoms with Crippen LogP contribution in [-0.4, -0.2) is 55.3 Å². The van der Waals surface area contributed by atoms with Crippen LogP contribution in [0.4, 0.5) is 4.79 Å². The van der Waals surface area contributed by atoms with Crippen molar-refractivity contribution >= 4 is 36.0 Å². The zero-order valence-corrected chi connectivity index (χ0v) is 19.1. The zero-order valence-electron chi connectivity index (χ0n) is 16.7. The van der Waals surface area contributed by atoms with Gasteiger partial charge in [-0.3, -0.25) is 4.99 Å². The summed E-state index contributed by atoms with van der Waals surface area (Å²) in [6.07, 6.45) is -0.274. The molecule has 1 heterocycles. The number of hydrogen-bond donors (Lipinski definition) is 2. The van der Waals surface area contributed by atoms with Crippen LogP contribution in [0, 0.1) is 0 Å². The maximum atomic E-state index is 12.0. The lowest BCUT2D eigenvalue weighted by atomic mass is 10.1. The van der Waals surface area contributed by atoms with Crippen molar-refractivity contribution in [2.45, 2.75) is 45.9 Å². The highest BCUT2D eigenvalue weighted by Crippen LogP contribution is 2.18. The number of ether oxygens (including phenoxy) is 2. The van der Waals surface area contributed by atoms with Gasteiger partial charge in [-0.2, -0.15) is 0 Å². The van der Waals surface area contributed by atoms with Crippen molar-refractivity contribution < 1.29 is 14.3 Å². The number of carbonyl (C=O) groups is 1. The monoisotopic (exact) mass is 490 g/mol. The summed E-state index contributed by atoms with van der Waals surface area (Å²) < 4.78 is 11.0. The second-order valence-electron chi connectivity index (χ2n) is 7.19. The summed E-state index contributed by atoms with van der Waals surface area (Å²) >= 11 is 0. The van der Waals surface area contributed by atoms with Crippen molar-refractivity contribution in [3.63, 3.8) is 0 Å². The lowest BCUT2D eigenvalue weighted by molar-refractivity contribution is 0.00701. The third-order valence-corrected chi connectivity index (χ3v) is 3.82. The second-order valence-corrected chi connectivity index (χ2v) is 7.19. The van der Waals surface area contributed by atoms with Crippen molar-refractivity contribution in [3.05, 3.63) is 29.8 Å². The van der Waals surface area contributed by atoms with E-state index in [0.717, 1.165) is 11.3 Å². The highest BCUT2D eigenvalue weighted by molar-refractivity contribution is 14.0. The normalized spacial score (nSPS) is 14.7. The Kier molecular flexibility index (Phi) is 9.14. The van der Waals surface area contributed by atoms with Crippen LogP contribution in [0.15, 0.2) is 29.3 Å². The first kappa shape index (κ1) is 23.3. The number of nitrogens with one attached hydrogen (secondary N) is 2. The van der Waals surface area contributed by atoms with Gasteiger partial charge >= 0.3 is 6.09 Å². The van der Waals surface area contributed by atoms with E-state index in [0.29, 0.717) is 32.2 Å². The number of carbonyl (C=O) groups excluding carboxylic acids is 1. The molecule has 1 fully saturated rings. The molecule has 0 spiro atoms. The quantitative estimate of drug-likeness (QED) is 0.377. The number of para-hydroxylation sites is 1. The van der Waals surface area contributed by atoms with Crippen LogP contribution < -0.4 is 15.4 Å². The molecule has 0 saturated carbocycles. The smallest absolute Gasteiger partial charge is 0.410 e. The van der Waals surface area contributed by atoms with Crippen LogP contribution in [0.25, 0.3) is 0 Å². The molecule has 152 valence electrons. The van der Waals surface area contributed by atoms with Crippen LogP contribution in [0.2, 0.25) is 0 Å². The first-order valence-corrected chi connectivity index (χ1v) is 8.98. The van der Waals surface area contributed by atoms with Gasteiger partial charge in [0.2, 0.25) is 0 Å². The number of hydrogen-bond acceptors (Lipinski definition) is 4. The summed E-state index contributed by atoms with van der Waals surface area (Å²) in [5.74, 6) is 1.57. The van der Waals surface area contributed by atoms with Crippen LogP contribution in [-0.2, 0) is 11.3 Å². The number of aliphatic imine (C=N–C) groups is 1. The molecule has 0 bridgehead atoms. The molecule has 1 saturated heterocycles. The standard InChI is InChI=1S/C19H30N4O3.HI/c1-6-25-16-10-8-7-9-14(16)11-21-17(20-5)22-15-12-23(13-15)18(24)26-19(2,3)4;/h7-10,15H,6,11-13H2,1-5H3,(H2,20,21,22);1H. The number of amides is 1. The van der Waals surface area contributed by atoms with Crippen LogP contribution in [0.5, 0.6) is 5.75 Å². The average Bonchev–Trinajstić information content (AvgIpc) is 2.53. The van der Waals surface area contributed by atoms with Crippen LogP contribution in [0.1, 0.15) is 33.3 Å². The number of halogens is 1. The molecule has 2 rings (SSSR count). The van der Waals surface area contributed by atoms with Crippen molar-refractivity contribution in [1.82, 2.24) is 15.5 Å². The van der Waals surface area contributed by atoms with Gasteiger partial charge < -0.3 is 25.0 Å². The Morgan fingerprint density at radius 1 is 1.30 bits per heavy atom. The van der Waals surface area contributed by atoms with Crippen molar-refractivity contribution in [2.24, 2.45) is 4.99 Å². The summed E-state index contributed by atoms with van der Waals surface area (Å²) in [6.45, 7) is 10.0. The largest absolute Gasteiger partial charge is 0.494 e. The van der Waals surface area contributed by atoms with Gasteiger partial charge in [-0.25, -0.2) is 4.79 Å². The molecule has 1 aliphatic heterocycles. The van der Waals surface area contributed by atoms with Gasteiger partial charge in [0, 0.05) is 32.2 Å².